The molecule has 3 aliphatic heterocycles. The third-order valence-electron chi connectivity index (χ3n) is 7.69. The van der Waals surface area contributed by atoms with Crippen LogP contribution in [-0.2, 0) is 24.2 Å². The van der Waals surface area contributed by atoms with Gasteiger partial charge in [-0.2, -0.15) is 0 Å². The van der Waals surface area contributed by atoms with Crippen molar-refractivity contribution in [2.24, 2.45) is 0 Å². The van der Waals surface area contributed by atoms with Crippen molar-refractivity contribution < 1.29 is 24.5 Å². The van der Waals surface area contributed by atoms with Gasteiger partial charge in [-0.25, -0.2) is 4.98 Å². The number of rotatable bonds is 8. The number of benzene rings is 2. The molecule has 10 heteroatoms. The predicted molar refractivity (Wildman–Crippen MR) is 149 cm³/mol. The molecule has 1 fully saturated rings. The molecule has 2 aromatic carbocycles. The second-order valence-corrected chi connectivity index (χ2v) is 11.5. The number of carbonyl (C=O) groups excluding carboxylic acids is 1. The maximum atomic E-state index is 13.6. The standard InChI is InChI=1S/C29H32N4O5S/c34-20-7-10-31(16-20)13-14-38-21-4-1-3-19(15-21)22-5-2-6-25-23(22)8-12-33(25)29(37)28-30-24-9-11-32(18-27(35)36)17-26(24)39-28/h1-6,15,20,34H,7-14,16-18H2,(H,35,36). The van der Waals surface area contributed by atoms with E-state index in [2.05, 4.69) is 28.1 Å². The first-order chi connectivity index (χ1) is 18.9. The Bertz CT molecular complexity index is 1390. The number of hydrogen-bond donors (Lipinski definition) is 2. The van der Waals surface area contributed by atoms with E-state index < -0.39 is 5.97 Å². The van der Waals surface area contributed by atoms with Crippen LogP contribution in [0.25, 0.3) is 11.1 Å². The van der Waals surface area contributed by atoms with Gasteiger partial charge in [0.2, 0.25) is 0 Å². The molecular formula is C29H32N4O5S. The van der Waals surface area contributed by atoms with Crippen LogP contribution in [0, 0.1) is 0 Å². The summed E-state index contributed by atoms with van der Waals surface area (Å²) in [5.41, 5.74) is 5.12. The SMILES string of the molecule is O=C(O)CN1CCc2nc(C(=O)N3CCc4c(-c5cccc(OCCN6CCC(O)C6)c5)cccc43)sc2C1. The zero-order valence-corrected chi connectivity index (χ0v) is 22.5. The summed E-state index contributed by atoms with van der Waals surface area (Å²) in [4.78, 5) is 36.2. The van der Waals surface area contributed by atoms with E-state index >= 15 is 0 Å². The summed E-state index contributed by atoms with van der Waals surface area (Å²) >= 11 is 1.38. The summed E-state index contributed by atoms with van der Waals surface area (Å²) in [6, 6.07) is 14.2. The molecule has 3 aliphatic rings. The van der Waals surface area contributed by atoms with Crippen LogP contribution in [0.5, 0.6) is 5.75 Å². The molecule has 1 atom stereocenters. The number of aliphatic hydroxyl groups is 1. The molecule has 6 rings (SSSR count). The lowest BCUT2D eigenvalue weighted by molar-refractivity contribution is -0.138. The van der Waals surface area contributed by atoms with Crippen LogP contribution in [0.4, 0.5) is 5.69 Å². The Morgan fingerprint density at radius 2 is 1.95 bits per heavy atom. The smallest absolute Gasteiger partial charge is 0.317 e. The highest BCUT2D eigenvalue weighted by molar-refractivity contribution is 7.13. The number of thiazole rings is 1. The van der Waals surface area contributed by atoms with E-state index in [1.165, 1.54) is 11.3 Å². The van der Waals surface area contributed by atoms with Crippen LogP contribution in [0.15, 0.2) is 42.5 Å². The number of aliphatic hydroxyl groups excluding tert-OH is 1. The third-order valence-corrected chi connectivity index (χ3v) is 8.76. The summed E-state index contributed by atoms with van der Waals surface area (Å²) in [6.45, 7) is 4.72. The van der Waals surface area contributed by atoms with E-state index in [0.29, 0.717) is 44.2 Å². The summed E-state index contributed by atoms with van der Waals surface area (Å²) in [6.07, 6.45) is 2.02. The van der Waals surface area contributed by atoms with Crippen molar-refractivity contribution in [3.8, 4) is 16.9 Å². The van der Waals surface area contributed by atoms with Gasteiger partial charge in [-0.1, -0.05) is 24.3 Å². The second-order valence-electron chi connectivity index (χ2n) is 10.4. The van der Waals surface area contributed by atoms with Gasteiger partial charge >= 0.3 is 5.97 Å². The van der Waals surface area contributed by atoms with Gasteiger partial charge in [0.1, 0.15) is 12.4 Å². The zero-order valence-electron chi connectivity index (χ0n) is 21.7. The molecule has 204 valence electrons. The fraction of sp³-hybridized carbons (Fsp3) is 0.414. The molecule has 1 aromatic heterocycles. The van der Waals surface area contributed by atoms with E-state index in [0.717, 1.165) is 64.6 Å². The number of amides is 1. The molecule has 0 spiro atoms. The highest BCUT2D eigenvalue weighted by Crippen LogP contribution is 2.38. The number of nitrogens with zero attached hydrogens (tertiary/aromatic N) is 4. The second kappa shape index (κ2) is 11.1. The normalized spacial score (nSPS) is 19.2. The first kappa shape index (κ1) is 25.9. The molecule has 1 amide bonds. The molecule has 39 heavy (non-hydrogen) atoms. The molecular weight excluding hydrogens is 516 g/mol. The molecule has 2 N–H and O–H groups in total. The maximum Gasteiger partial charge on any atom is 0.317 e. The minimum absolute atomic E-state index is 0.00227. The van der Waals surface area contributed by atoms with Gasteiger partial charge in [-0.15, -0.1) is 11.3 Å². The topological polar surface area (TPSA) is 106 Å². The molecule has 9 nitrogen and oxygen atoms in total. The number of carboxylic acids is 1. The van der Waals surface area contributed by atoms with Crippen molar-refractivity contribution in [1.82, 2.24) is 14.8 Å². The van der Waals surface area contributed by atoms with Gasteiger partial charge < -0.3 is 19.8 Å². The number of carbonyl (C=O) groups is 2. The van der Waals surface area contributed by atoms with E-state index in [1.807, 2.05) is 34.1 Å². The third kappa shape index (κ3) is 5.56. The van der Waals surface area contributed by atoms with Crippen LogP contribution in [-0.4, -0.2) is 88.9 Å². The highest BCUT2D eigenvalue weighted by Gasteiger charge is 2.31. The number of β-amino-alcohol motifs (C(OH)–C–C–N with tert-alkyl or cyclic N) is 1. The lowest BCUT2D eigenvalue weighted by atomic mass is 9.98. The van der Waals surface area contributed by atoms with Gasteiger partial charge in [0.15, 0.2) is 5.01 Å². The highest BCUT2D eigenvalue weighted by atomic mass is 32.1. The molecule has 0 saturated carbocycles. The largest absolute Gasteiger partial charge is 0.492 e. The molecule has 3 aromatic rings. The molecule has 0 bridgehead atoms. The summed E-state index contributed by atoms with van der Waals surface area (Å²) < 4.78 is 6.04. The predicted octanol–water partition coefficient (Wildman–Crippen LogP) is 2.90. The number of anilines is 1. The fourth-order valence-electron chi connectivity index (χ4n) is 5.76. The molecule has 1 saturated heterocycles. The number of likely N-dealkylation sites (tertiary alicyclic amines) is 1. The summed E-state index contributed by atoms with van der Waals surface area (Å²) in [5, 5.41) is 19.3. The van der Waals surface area contributed by atoms with E-state index in [-0.39, 0.29) is 18.6 Å². The summed E-state index contributed by atoms with van der Waals surface area (Å²) in [5.74, 6) is -0.135. The van der Waals surface area contributed by atoms with Crippen LogP contribution in [0.3, 0.4) is 0 Å². The zero-order chi connectivity index (χ0) is 26.9. The van der Waals surface area contributed by atoms with Gasteiger partial charge in [0.25, 0.3) is 5.91 Å². The number of fused-ring (bicyclic) bond motifs is 2. The number of aliphatic carboxylic acids is 1. The van der Waals surface area contributed by atoms with Gasteiger partial charge in [0, 0.05) is 56.3 Å². The van der Waals surface area contributed by atoms with Crippen molar-refractivity contribution in [2.75, 3.05) is 50.8 Å². The number of hydrogen-bond acceptors (Lipinski definition) is 8. The van der Waals surface area contributed by atoms with Crippen LogP contribution in [0.2, 0.25) is 0 Å². The van der Waals surface area contributed by atoms with E-state index in [4.69, 9.17) is 9.84 Å². The first-order valence-electron chi connectivity index (χ1n) is 13.4. The van der Waals surface area contributed by atoms with Crippen LogP contribution in [0.1, 0.15) is 32.4 Å². The van der Waals surface area contributed by atoms with Crippen molar-refractivity contribution in [1.29, 1.82) is 0 Å². The lowest BCUT2D eigenvalue weighted by Gasteiger charge is -2.23. The number of carboxylic acid groups (broad SMARTS) is 1. The maximum absolute atomic E-state index is 13.6. The number of aromatic nitrogens is 1. The molecule has 0 radical (unpaired) electrons. The first-order valence-corrected chi connectivity index (χ1v) is 14.3. The Kier molecular flexibility index (Phi) is 7.35. The van der Waals surface area contributed by atoms with Crippen molar-refractivity contribution in [3.63, 3.8) is 0 Å². The monoisotopic (exact) mass is 548 g/mol. The van der Waals surface area contributed by atoms with E-state index in [1.54, 1.807) is 0 Å². The van der Waals surface area contributed by atoms with Crippen molar-refractivity contribution >= 4 is 28.9 Å². The Labute approximate surface area is 231 Å². The van der Waals surface area contributed by atoms with Crippen molar-refractivity contribution in [2.45, 2.75) is 31.9 Å². The quantitative estimate of drug-likeness (QED) is 0.443. The van der Waals surface area contributed by atoms with Gasteiger partial charge in [-0.3, -0.25) is 19.4 Å². The van der Waals surface area contributed by atoms with Crippen LogP contribution < -0.4 is 9.64 Å². The average molecular weight is 549 g/mol. The molecule has 0 aliphatic carbocycles. The van der Waals surface area contributed by atoms with Crippen LogP contribution >= 0.6 is 11.3 Å². The Morgan fingerprint density at radius 1 is 1.08 bits per heavy atom. The van der Waals surface area contributed by atoms with Crippen molar-refractivity contribution in [3.05, 3.63) is 63.6 Å². The minimum atomic E-state index is -0.844. The molecule has 4 heterocycles. The summed E-state index contributed by atoms with van der Waals surface area (Å²) in [7, 11) is 0. The Morgan fingerprint density at radius 3 is 2.77 bits per heavy atom. The van der Waals surface area contributed by atoms with Gasteiger partial charge in [0.05, 0.1) is 18.3 Å². The average Bonchev–Trinajstić information content (AvgIpc) is 3.66. The minimum Gasteiger partial charge on any atom is -0.492 e. The van der Waals surface area contributed by atoms with Gasteiger partial charge in [-0.05, 0) is 47.7 Å². The Balaban J connectivity index is 1.16. The number of ether oxygens (including phenoxy) is 1. The molecule has 1 unspecified atom stereocenters. The Hall–Kier alpha value is -3.31. The fourth-order valence-corrected chi connectivity index (χ4v) is 6.86. The lowest BCUT2D eigenvalue weighted by Crippen LogP contribution is -2.34. The van der Waals surface area contributed by atoms with E-state index in [9.17, 15) is 14.7 Å².